The van der Waals surface area contributed by atoms with Crippen LogP contribution in [0.3, 0.4) is 0 Å². The summed E-state index contributed by atoms with van der Waals surface area (Å²) in [4.78, 5) is 24.0. The normalized spacial score (nSPS) is 10.6. The molecular formula is C17H21NO4. The lowest BCUT2D eigenvalue weighted by Crippen LogP contribution is -2.29. The van der Waals surface area contributed by atoms with Gasteiger partial charge in [0, 0.05) is 11.9 Å². The largest absolute Gasteiger partial charge is 0.497 e. The lowest BCUT2D eigenvalue weighted by Gasteiger charge is -2.06. The molecule has 5 heteroatoms. The molecule has 0 spiro atoms. The number of fused-ring (bicyclic) bond motifs is 1. The van der Waals surface area contributed by atoms with Crippen molar-refractivity contribution in [1.29, 1.82) is 0 Å². The lowest BCUT2D eigenvalue weighted by atomic mass is 10.1. The minimum atomic E-state index is -0.622. The summed E-state index contributed by atoms with van der Waals surface area (Å²) in [6.07, 6.45) is 4.27. The number of rotatable bonds is 7. The molecule has 0 aliphatic heterocycles. The van der Waals surface area contributed by atoms with E-state index >= 15 is 0 Å². The van der Waals surface area contributed by atoms with Crippen molar-refractivity contribution < 1.29 is 13.9 Å². The zero-order chi connectivity index (χ0) is 15.9. The van der Waals surface area contributed by atoms with Crippen LogP contribution >= 0.6 is 0 Å². The highest BCUT2D eigenvalue weighted by molar-refractivity contribution is 5.96. The molecule has 1 amide bonds. The first-order valence-corrected chi connectivity index (χ1v) is 7.55. The second-order valence-electron chi connectivity index (χ2n) is 5.17. The Labute approximate surface area is 129 Å². The molecule has 1 aromatic heterocycles. The smallest absolute Gasteiger partial charge is 0.349 e. The highest BCUT2D eigenvalue weighted by atomic mass is 16.5. The van der Waals surface area contributed by atoms with Gasteiger partial charge in [0.15, 0.2) is 0 Å². The van der Waals surface area contributed by atoms with Gasteiger partial charge in [-0.2, -0.15) is 0 Å². The Balaban J connectivity index is 2.14. The van der Waals surface area contributed by atoms with Gasteiger partial charge in [0.1, 0.15) is 16.9 Å². The fourth-order valence-electron chi connectivity index (χ4n) is 2.24. The Morgan fingerprint density at radius 3 is 2.77 bits per heavy atom. The molecule has 22 heavy (non-hydrogen) atoms. The first-order valence-electron chi connectivity index (χ1n) is 7.55. The topological polar surface area (TPSA) is 68.5 Å². The maximum atomic E-state index is 12.1. The minimum Gasteiger partial charge on any atom is -0.497 e. The zero-order valence-electron chi connectivity index (χ0n) is 13.0. The number of carbonyl (C=O) groups is 1. The van der Waals surface area contributed by atoms with Gasteiger partial charge in [-0.1, -0.05) is 26.2 Å². The molecule has 0 aliphatic carbocycles. The van der Waals surface area contributed by atoms with Gasteiger partial charge in [0.05, 0.1) is 7.11 Å². The van der Waals surface area contributed by atoms with Gasteiger partial charge in [-0.3, -0.25) is 4.79 Å². The van der Waals surface area contributed by atoms with Crippen LogP contribution in [0.15, 0.2) is 33.5 Å². The van der Waals surface area contributed by atoms with Crippen LogP contribution in [0.2, 0.25) is 0 Å². The van der Waals surface area contributed by atoms with Crippen LogP contribution in [0.25, 0.3) is 11.0 Å². The summed E-state index contributed by atoms with van der Waals surface area (Å²) in [5.41, 5.74) is -0.162. The minimum absolute atomic E-state index is 0.0243. The van der Waals surface area contributed by atoms with E-state index in [0.717, 1.165) is 25.7 Å². The van der Waals surface area contributed by atoms with Gasteiger partial charge in [0.25, 0.3) is 5.91 Å². The predicted octanol–water partition coefficient (Wildman–Crippen LogP) is 3.11. The van der Waals surface area contributed by atoms with Gasteiger partial charge in [-0.05, 0) is 30.7 Å². The standard InChI is InChI=1S/C17H21NO4/c1-3-4-5-6-9-18-16(19)14-11-12-10-13(21-2)7-8-15(12)22-17(14)20/h7-8,10-11H,3-6,9H2,1-2H3,(H,18,19). The quantitative estimate of drug-likeness (QED) is 0.630. The van der Waals surface area contributed by atoms with Crippen LogP contribution in [0.1, 0.15) is 43.0 Å². The molecule has 5 nitrogen and oxygen atoms in total. The average Bonchev–Trinajstić information content (AvgIpc) is 2.53. The molecule has 0 fully saturated rings. The third kappa shape index (κ3) is 3.87. The van der Waals surface area contributed by atoms with E-state index in [4.69, 9.17) is 9.15 Å². The maximum Gasteiger partial charge on any atom is 0.349 e. The molecule has 0 saturated carbocycles. The second kappa shape index (κ2) is 7.64. The summed E-state index contributed by atoms with van der Waals surface area (Å²) >= 11 is 0. The molecule has 1 heterocycles. The van der Waals surface area contributed by atoms with E-state index in [-0.39, 0.29) is 5.56 Å². The fraction of sp³-hybridized carbons (Fsp3) is 0.412. The van der Waals surface area contributed by atoms with Crippen molar-refractivity contribution in [2.24, 2.45) is 0 Å². The Hall–Kier alpha value is -2.30. The molecule has 0 aliphatic rings. The molecular weight excluding hydrogens is 282 g/mol. The van der Waals surface area contributed by atoms with Crippen LogP contribution in [0.5, 0.6) is 5.75 Å². The molecule has 0 atom stereocenters. The summed E-state index contributed by atoms with van der Waals surface area (Å²) in [6.45, 7) is 2.70. The van der Waals surface area contributed by atoms with E-state index in [1.165, 1.54) is 0 Å². The monoisotopic (exact) mass is 303 g/mol. The van der Waals surface area contributed by atoms with Crippen LogP contribution in [0, 0.1) is 0 Å². The van der Waals surface area contributed by atoms with Crippen molar-refractivity contribution in [1.82, 2.24) is 5.32 Å². The highest BCUT2D eigenvalue weighted by Gasteiger charge is 2.13. The van der Waals surface area contributed by atoms with Gasteiger partial charge >= 0.3 is 5.63 Å². The van der Waals surface area contributed by atoms with E-state index in [0.29, 0.717) is 23.3 Å². The van der Waals surface area contributed by atoms with Gasteiger partial charge < -0.3 is 14.5 Å². The second-order valence-corrected chi connectivity index (χ2v) is 5.17. The van der Waals surface area contributed by atoms with E-state index in [9.17, 15) is 9.59 Å². The van der Waals surface area contributed by atoms with Gasteiger partial charge in [-0.25, -0.2) is 4.79 Å². The van der Waals surface area contributed by atoms with E-state index in [1.54, 1.807) is 31.4 Å². The number of nitrogens with one attached hydrogen (secondary N) is 1. The number of hydrogen-bond acceptors (Lipinski definition) is 4. The van der Waals surface area contributed by atoms with Crippen molar-refractivity contribution in [3.8, 4) is 5.75 Å². The molecule has 1 aromatic carbocycles. The first-order chi connectivity index (χ1) is 10.7. The summed E-state index contributed by atoms with van der Waals surface area (Å²) in [5, 5.41) is 3.42. The molecule has 0 unspecified atom stereocenters. The van der Waals surface area contributed by atoms with E-state index in [1.807, 2.05) is 0 Å². The third-order valence-corrected chi connectivity index (χ3v) is 3.50. The molecule has 1 N–H and O–H groups in total. The Bertz CT molecular complexity index is 705. The van der Waals surface area contributed by atoms with Gasteiger partial charge in [-0.15, -0.1) is 0 Å². The molecule has 2 rings (SSSR count). The molecule has 0 saturated heterocycles. The fourth-order valence-corrected chi connectivity index (χ4v) is 2.24. The molecule has 0 radical (unpaired) electrons. The Morgan fingerprint density at radius 1 is 1.23 bits per heavy atom. The summed E-state index contributed by atoms with van der Waals surface area (Å²) in [7, 11) is 1.56. The van der Waals surface area contributed by atoms with Crippen molar-refractivity contribution in [2.75, 3.05) is 13.7 Å². The number of amides is 1. The average molecular weight is 303 g/mol. The first kappa shape index (κ1) is 16.1. The highest BCUT2D eigenvalue weighted by Crippen LogP contribution is 2.20. The van der Waals surface area contributed by atoms with Gasteiger partial charge in [0.2, 0.25) is 0 Å². The number of methoxy groups -OCH3 is 1. The SMILES string of the molecule is CCCCCCNC(=O)c1cc2cc(OC)ccc2oc1=O. The summed E-state index contributed by atoms with van der Waals surface area (Å²) in [5.74, 6) is 0.252. The number of carbonyl (C=O) groups excluding carboxylic acids is 1. The number of unbranched alkanes of at least 4 members (excludes halogenated alkanes) is 3. The lowest BCUT2D eigenvalue weighted by molar-refractivity contribution is 0.0949. The summed E-state index contributed by atoms with van der Waals surface area (Å²) < 4.78 is 10.3. The van der Waals surface area contributed by atoms with Crippen molar-refractivity contribution in [3.63, 3.8) is 0 Å². The van der Waals surface area contributed by atoms with E-state index in [2.05, 4.69) is 12.2 Å². The zero-order valence-corrected chi connectivity index (χ0v) is 13.0. The van der Waals surface area contributed by atoms with Crippen LogP contribution in [-0.2, 0) is 0 Å². The number of ether oxygens (including phenoxy) is 1. The van der Waals surface area contributed by atoms with E-state index < -0.39 is 11.5 Å². The summed E-state index contributed by atoms with van der Waals surface area (Å²) in [6, 6.07) is 6.64. The van der Waals surface area contributed by atoms with Crippen LogP contribution in [0.4, 0.5) is 0 Å². The number of hydrogen-bond donors (Lipinski definition) is 1. The predicted molar refractivity (Wildman–Crippen MR) is 85.5 cm³/mol. The van der Waals surface area contributed by atoms with Crippen LogP contribution < -0.4 is 15.7 Å². The van der Waals surface area contributed by atoms with Crippen molar-refractivity contribution >= 4 is 16.9 Å². The maximum absolute atomic E-state index is 12.1. The molecule has 2 aromatic rings. The third-order valence-electron chi connectivity index (χ3n) is 3.50. The Kier molecular flexibility index (Phi) is 5.58. The van der Waals surface area contributed by atoms with Crippen LogP contribution in [-0.4, -0.2) is 19.6 Å². The van der Waals surface area contributed by atoms with Crippen molar-refractivity contribution in [3.05, 3.63) is 40.2 Å². The number of benzene rings is 1. The Morgan fingerprint density at radius 2 is 2.05 bits per heavy atom. The van der Waals surface area contributed by atoms with Crippen molar-refractivity contribution in [2.45, 2.75) is 32.6 Å². The molecule has 0 bridgehead atoms. The molecule has 118 valence electrons.